The van der Waals surface area contributed by atoms with Crippen LogP contribution in [0.4, 0.5) is 5.69 Å². The highest BCUT2D eigenvalue weighted by atomic mass is 16.1. The smallest absolute Gasteiger partial charge is 0.216 e. The first kappa shape index (κ1) is 14.7. The van der Waals surface area contributed by atoms with Crippen LogP contribution >= 0.6 is 0 Å². The van der Waals surface area contributed by atoms with Crippen LogP contribution in [-0.2, 0) is 6.54 Å². The Balaban J connectivity index is 2.05. The molecular weight excluding hydrogens is 306 g/mol. The summed E-state index contributed by atoms with van der Waals surface area (Å²) in [6, 6.07) is 3.82. The van der Waals surface area contributed by atoms with Gasteiger partial charge in [0.05, 0.1) is 17.6 Å². The number of rotatable bonds is 5. The monoisotopic (exact) mass is 323 g/mol. The molecule has 0 aliphatic heterocycles. The van der Waals surface area contributed by atoms with Gasteiger partial charge in [0.1, 0.15) is 17.1 Å². The third kappa shape index (κ3) is 2.00. The van der Waals surface area contributed by atoms with Gasteiger partial charge in [-0.25, -0.2) is 4.98 Å². The van der Waals surface area contributed by atoms with Gasteiger partial charge in [-0.05, 0) is 12.1 Å². The van der Waals surface area contributed by atoms with E-state index in [4.69, 9.17) is 11.5 Å². The van der Waals surface area contributed by atoms with E-state index in [-0.39, 0.29) is 5.78 Å². The second-order valence-corrected chi connectivity index (χ2v) is 5.54. The minimum absolute atomic E-state index is 0.150. The van der Waals surface area contributed by atoms with Gasteiger partial charge in [-0.15, -0.1) is 0 Å². The van der Waals surface area contributed by atoms with Gasteiger partial charge in [-0.3, -0.25) is 14.5 Å². The molecule has 0 fully saturated rings. The van der Waals surface area contributed by atoms with Crippen molar-refractivity contribution in [1.29, 1.82) is 0 Å². The van der Waals surface area contributed by atoms with E-state index >= 15 is 0 Å². The summed E-state index contributed by atoms with van der Waals surface area (Å²) in [5.74, 6) is -0.150. The van der Waals surface area contributed by atoms with Crippen LogP contribution in [-0.4, -0.2) is 45.2 Å². The molecule has 5 N–H and O–H groups in total. The van der Waals surface area contributed by atoms with Gasteiger partial charge in [0.25, 0.3) is 0 Å². The summed E-state index contributed by atoms with van der Waals surface area (Å²) in [5.41, 5.74) is 15.0. The summed E-state index contributed by atoms with van der Waals surface area (Å²) in [7, 11) is 0. The van der Waals surface area contributed by atoms with Crippen LogP contribution in [0.3, 0.4) is 0 Å². The number of ketones is 1. The summed E-state index contributed by atoms with van der Waals surface area (Å²) in [4.78, 5) is 21.6. The predicted molar refractivity (Wildman–Crippen MR) is 90.8 cm³/mol. The standard InChI is InChI=1S/C16H17N7O/c17-3-5-19-9-1-2-10-12-11(9)16(24)15-14(20-6-7-21-15)13(12)22-23(10)8-4-18/h1-2,6-7,19H,3-5,8,17-18H2. The van der Waals surface area contributed by atoms with E-state index in [1.54, 1.807) is 6.20 Å². The Morgan fingerprint density at radius 3 is 2.58 bits per heavy atom. The zero-order chi connectivity index (χ0) is 16.7. The summed E-state index contributed by atoms with van der Waals surface area (Å²) < 4.78 is 1.82. The first-order valence-electron chi connectivity index (χ1n) is 7.80. The van der Waals surface area contributed by atoms with Gasteiger partial charge in [-0.2, -0.15) is 5.10 Å². The largest absolute Gasteiger partial charge is 0.383 e. The first-order chi connectivity index (χ1) is 11.8. The summed E-state index contributed by atoms with van der Waals surface area (Å²) in [6.07, 6.45) is 3.09. The van der Waals surface area contributed by atoms with Crippen LogP contribution in [0.15, 0.2) is 24.5 Å². The second kappa shape index (κ2) is 5.66. The number of fused-ring (bicyclic) bond motifs is 2. The van der Waals surface area contributed by atoms with Crippen LogP contribution in [0.1, 0.15) is 16.1 Å². The normalized spacial score (nSPS) is 12.5. The van der Waals surface area contributed by atoms with E-state index in [1.807, 2.05) is 16.8 Å². The molecule has 2 aromatic heterocycles. The number of hydrogen-bond acceptors (Lipinski definition) is 7. The highest BCUT2D eigenvalue weighted by molar-refractivity contribution is 6.26. The van der Waals surface area contributed by atoms with Crippen molar-refractivity contribution >= 4 is 22.4 Å². The lowest BCUT2D eigenvalue weighted by molar-refractivity contribution is 0.103. The molecule has 0 saturated heterocycles. The molecule has 4 rings (SSSR count). The van der Waals surface area contributed by atoms with E-state index in [0.717, 1.165) is 16.6 Å². The van der Waals surface area contributed by atoms with Gasteiger partial charge in [-0.1, -0.05) is 0 Å². The third-order valence-corrected chi connectivity index (χ3v) is 4.08. The Morgan fingerprint density at radius 1 is 1.04 bits per heavy atom. The molecule has 3 aromatic rings. The molecule has 0 atom stereocenters. The van der Waals surface area contributed by atoms with Gasteiger partial charge in [0.15, 0.2) is 0 Å². The van der Waals surface area contributed by atoms with E-state index in [0.29, 0.717) is 48.8 Å². The molecule has 0 radical (unpaired) electrons. The quantitative estimate of drug-likeness (QED) is 0.484. The van der Waals surface area contributed by atoms with Crippen molar-refractivity contribution in [2.45, 2.75) is 6.54 Å². The van der Waals surface area contributed by atoms with E-state index < -0.39 is 0 Å². The maximum atomic E-state index is 13.0. The second-order valence-electron chi connectivity index (χ2n) is 5.54. The van der Waals surface area contributed by atoms with Crippen molar-refractivity contribution in [2.75, 3.05) is 25.0 Å². The highest BCUT2D eigenvalue weighted by Crippen LogP contribution is 2.40. The summed E-state index contributed by atoms with van der Waals surface area (Å²) in [6.45, 7) is 2.07. The third-order valence-electron chi connectivity index (χ3n) is 4.08. The number of nitrogens with one attached hydrogen (secondary N) is 1. The lowest BCUT2D eigenvalue weighted by Gasteiger charge is -2.17. The molecule has 0 unspecified atom stereocenters. The Kier molecular flexibility index (Phi) is 3.47. The molecule has 1 aromatic carbocycles. The lowest BCUT2D eigenvalue weighted by atomic mass is 9.92. The number of nitrogens with two attached hydrogens (primary N) is 2. The number of hydrogen-bond donors (Lipinski definition) is 3. The number of carbonyl (C=O) groups excluding carboxylic acids is 1. The van der Waals surface area contributed by atoms with Crippen LogP contribution in [0.2, 0.25) is 0 Å². The van der Waals surface area contributed by atoms with Crippen LogP contribution in [0.25, 0.3) is 22.3 Å². The molecule has 0 saturated carbocycles. The Morgan fingerprint density at radius 2 is 1.83 bits per heavy atom. The Bertz CT molecular complexity index is 947. The molecule has 1 aliphatic rings. The fourth-order valence-corrected chi connectivity index (χ4v) is 3.12. The molecule has 8 heteroatoms. The van der Waals surface area contributed by atoms with E-state index in [2.05, 4.69) is 20.4 Å². The fourth-order valence-electron chi connectivity index (χ4n) is 3.12. The SMILES string of the molecule is NCCNc1ccc2c3c(nn2CCN)-c2nccnc2C(=O)c13. The number of aromatic nitrogens is 4. The van der Waals surface area contributed by atoms with Crippen LogP contribution in [0.5, 0.6) is 0 Å². The number of benzene rings is 1. The Hall–Kier alpha value is -2.84. The van der Waals surface area contributed by atoms with Crippen LogP contribution < -0.4 is 16.8 Å². The van der Waals surface area contributed by atoms with Crippen molar-refractivity contribution in [3.05, 3.63) is 35.8 Å². The van der Waals surface area contributed by atoms with Gasteiger partial charge >= 0.3 is 0 Å². The molecule has 122 valence electrons. The minimum atomic E-state index is -0.150. The van der Waals surface area contributed by atoms with Crippen molar-refractivity contribution in [3.63, 3.8) is 0 Å². The zero-order valence-electron chi connectivity index (χ0n) is 13.0. The lowest BCUT2D eigenvalue weighted by Crippen LogP contribution is -2.18. The number of nitrogens with zero attached hydrogens (tertiary/aromatic N) is 4. The Labute approximate surface area is 137 Å². The van der Waals surface area contributed by atoms with Crippen LogP contribution in [0, 0.1) is 0 Å². The van der Waals surface area contributed by atoms with Crippen molar-refractivity contribution in [1.82, 2.24) is 19.7 Å². The zero-order valence-corrected chi connectivity index (χ0v) is 13.0. The highest BCUT2D eigenvalue weighted by Gasteiger charge is 2.32. The molecule has 0 amide bonds. The predicted octanol–water partition coefficient (Wildman–Crippen LogP) is 0.367. The maximum Gasteiger partial charge on any atom is 0.216 e. The fraction of sp³-hybridized carbons (Fsp3) is 0.250. The van der Waals surface area contributed by atoms with Gasteiger partial charge in [0, 0.05) is 43.1 Å². The van der Waals surface area contributed by atoms with Gasteiger partial charge < -0.3 is 16.8 Å². The average Bonchev–Trinajstić information content (AvgIpc) is 2.97. The molecule has 8 nitrogen and oxygen atoms in total. The molecule has 24 heavy (non-hydrogen) atoms. The molecular formula is C16H17N7O. The van der Waals surface area contributed by atoms with Crippen molar-refractivity contribution < 1.29 is 4.79 Å². The van der Waals surface area contributed by atoms with Crippen molar-refractivity contribution in [2.24, 2.45) is 11.5 Å². The molecule has 1 aliphatic carbocycles. The number of carbonyl (C=O) groups is 1. The summed E-state index contributed by atoms with van der Waals surface area (Å²) >= 11 is 0. The first-order valence-corrected chi connectivity index (χ1v) is 7.80. The maximum absolute atomic E-state index is 13.0. The van der Waals surface area contributed by atoms with E-state index in [9.17, 15) is 4.79 Å². The van der Waals surface area contributed by atoms with E-state index in [1.165, 1.54) is 6.20 Å². The van der Waals surface area contributed by atoms with Crippen molar-refractivity contribution in [3.8, 4) is 11.4 Å². The number of anilines is 1. The average molecular weight is 323 g/mol. The minimum Gasteiger partial charge on any atom is -0.383 e. The molecule has 0 bridgehead atoms. The topological polar surface area (TPSA) is 125 Å². The molecule has 0 spiro atoms. The summed E-state index contributed by atoms with van der Waals surface area (Å²) in [5, 5.41) is 8.65. The molecule has 2 heterocycles. The van der Waals surface area contributed by atoms with Gasteiger partial charge in [0.2, 0.25) is 5.78 Å².